The predicted molar refractivity (Wildman–Crippen MR) is 38.7 cm³/mol. The lowest BCUT2D eigenvalue weighted by Crippen LogP contribution is -2.29. The summed E-state index contributed by atoms with van der Waals surface area (Å²) in [4.78, 5) is 23.5. The summed E-state index contributed by atoms with van der Waals surface area (Å²) >= 11 is 0. The first kappa shape index (κ1) is 7.59. The SMILES string of the molecule is Cc1c(O)c(=O)[nH]c(=O)n1C. The topological polar surface area (TPSA) is 75.1 Å². The second-order valence-electron chi connectivity index (χ2n) is 2.25. The van der Waals surface area contributed by atoms with E-state index in [2.05, 4.69) is 0 Å². The largest absolute Gasteiger partial charge is 0.502 e. The average Bonchev–Trinajstić information content (AvgIpc) is 1.97. The van der Waals surface area contributed by atoms with Crippen molar-refractivity contribution in [1.82, 2.24) is 9.55 Å². The minimum Gasteiger partial charge on any atom is -0.502 e. The van der Waals surface area contributed by atoms with E-state index in [9.17, 15) is 9.59 Å². The van der Waals surface area contributed by atoms with Crippen molar-refractivity contribution in [3.63, 3.8) is 0 Å². The molecule has 1 heterocycles. The number of aromatic nitrogens is 2. The van der Waals surface area contributed by atoms with Crippen molar-refractivity contribution >= 4 is 0 Å². The minimum atomic E-state index is -0.745. The fourth-order valence-electron chi connectivity index (χ4n) is 0.716. The molecule has 0 unspecified atom stereocenters. The Labute approximate surface area is 61.9 Å². The fourth-order valence-corrected chi connectivity index (χ4v) is 0.716. The standard InChI is InChI=1S/C6H8N2O3/c1-3-4(9)5(10)7-6(11)8(3)2/h9H,1-2H3,(H,7,10,11). The van der Waals surface area contributed by atoms with Gasteiger partial charge < -0.3 is 5.11 Å². The maximum Gasteiger partial charge on any atom is 0.328 e. The molecule has 0 saturated heterocycles. The number of H-pyrrole nitrogens is 1. The van der Waals surface area contributed by atoms with E-state index in [0.29, 0.717) is 0 Å². The van der Waals surface area contributed by atoms with Crippen LogP contribution in [0.15, 0.2) is 9.59 Å². The van der Waals surface area contributed by atoms with E-state index >= 15 is 0 Å². The van der Waals surface area contributed by atoms with E-state index in [0.717, 1.165) is 4.57 Å². The van der Waals surface area contributed by atoms with Gasteiger partial charge in [-0.05, 0) is 6.92 Å². The highest BCUT2D eigenvalue weighted by atomic mass is 16.3. The molecule has 5 nitrogen and oxygen atoms in total. The van der Waals surface area contributed by atoms with Crippen LogP contribution in [0.3, 0.4) is 0 Å². The van der Waals surface area contributed by atoms with Crippen LogP contribution < -0.4 is 11.2 Å². The zero-order valence-corrected chi connectivity index (χ0v) is 6.21. The lowest BCUT2D eigenvalue weighted by atomic mass is 10.4. The smallest absolute Gasteiger partial charge is 0.328 e. The van der Waals surface area contributed by atoms with Crippen LogP contribution in [0.5, 0.6) is 5.75 Å². The molecule has 0 fully saturated rings. The molecule has 0 aliphatic carbocycles. The van der Waals surface area contributed by atoms with Gasteiger partial charge in [0.05, 0.1) is 5.69 Å². The first-order chi connectivity index (χ1) is 5.04. The van der Waals surface area contributed by atoms with E-state index < -0.39 is 17.0 Å². The summed E-state index contributed by atoms with van der Waals surface area (Å²) in [5, 5.41) is 9.01. The number of hydrogen-bond acceptors (Lipinski definition) is 3. The average molecular weight is 156 g/mol. The van der Waals surface area contributed by atoms with Crippen molar-refractivity contribution in [1.29, 1.82) is 0 Å². The lowest BCUT2D eigenvalue weighted by Gasteiger charge is -2.01. The summed E-state index contributed by atoms with van der Waals surface area (Å²) < 4.78 is 1.16. The van der Waals surface area contributed by atoms with Crippen molar-refractivity contribution in [2.45, 2.75) is 6.92 Å². The van der Waals surface area contributed by atoms with Crippen molar-refractivity contribution in [3.05, 3.63) is 26.5 Å². The summed E-state index contributed by atoms with van der Waals surface area (Å²) in [5.74, 6) is -0.410. The minimum absolute atomic E-state index is 0.263. The third kappa shape index (κ3) is 1.04. The Bertz CT molecular complexity index is 354. The third-order valence-corrected chi connectivity index (χ3v) is 1.59. The normalized spacial score (nSPS) is 10.0. The Balaban J connectivity index is 3.73. The molecule has 1 aromatic heterocycles. The van der Waals surface area contributed by atoms with Crippen LogP contribution in [0.1, 0.15) is 5.69 Å². The van der Waals surface area contributed by atoms with Gasteiger partial charge in [-0.25, -0.2) is 4.79 Å². The monoisotopic (exact) mass is 156 g/mol. The van der Waals surface area contributed by atoms with Crippen molar-refractivity contribution < 1.29 is 5.11 Å². The van der Waals surface area contributed by atoms with Crippen LogP contribution in [-0.2, 0) is 7.05 Å². The molecule has 1 rings (SSSR count). The van der Waals surface area contributed by atoms with Gasteiger partial charge in [-0.2, -0.15) is 0 Å². The highest BCUT2D eigenvalue weighted by molar-refractivity contribution is 5.20. The molecule has 1 aromatic rings. The van der Waals surface area contributed by atoms with Crippen LogP contribution in [0.4, 0.5) is 0 Å². The molecule has 5 heteroatoms. The zero-order valence-electron chi connectivity index (χ0n) is 6.21. The third-order valence-electron chi connectivity index (χ3n) is 1.59. The highest BCUT2D eigenvalue weighted by Gasteiger charge is 2.04. The Morgan fingerprint density at radius 1 is 1.45 bits per heavy atom. The second kappa shape index (κ2) is 2.26. The van der Waals surface area contributed by atoms with Crippen molar-refractivity contribution in [2.75, 3.05) is 0 Å². The second-order valence-corrected chi connectivity index (χ2v) is 2.25. The van der Waals surface area contributed by atoms with Crippen LogP contribution in [-0.4, -0.2) is 14.7 Å². The molecule has 0 aliphatic heterocycles. The van der Waals surface area contributed by atoms with E-state index in [1.165, 1.54) is 14.0 Å². The Morgan fingerprint density at radius 3 is 2.55 bits per heavy atom. The maximum atomic E-state index is 10.8. The summed E-state index contributed by atoms with van der Waals surface area (Å²) in [7, 11) is 1.47. The summed E-state index contributed by atoms with van der Waals surface area (Å²) in [6, 6.07) is 0. The van der Waals surface area contributed by atoms with E-state index in [1.807, 2.05) is 4.98 Å². The summed E-state index contributed by atoms with van der Waals surface area (Å²) in [6.07, 6.45) is 0. The van der Waals surface area contributed by atoms with Gasteiger partial charge in [-0.1, -0.05) is 0 Å². The summed E-state index contributed by atoms with van der Waals surface area (Å²) in [5.41, 5.74) is -1.00. The number of rotatable bonds is 0. The molecule has 11 heavy (non-hydrogen) atoms. The van der Waals surface area contributed by atoms with Crippen LogP contribution in [0.2, 0.25) is 0 Å². The van der Waals surface area contributed by atoms with Gasteiger partial charge in [-0.15, -0.1) is 0 Å². The summed E-state index contributed by atoms with van der Waals surface area (Å²) in [6.45, 7) is 1.49. The number of hydrogen-bond donors (Lipinski definition) is 2. The fraction of sp³-hybridized carbons (Fsp3) is 0.333. The molecule has 0 radical (unpaired) electrons. The molecule has 2 N–H and O–H groups in total. The van der Waals surface area contributed by atoms with Gasteiger partial charge in [0.15, 0.2) is 0 Å². The molecule has 0 aliphatic rings. The number of aromatic hydroxyl groups is 1. The number of nitrogens with one attached hydrogen (secondary N) is 1. The maximum absolute atomic E-state index is 10.8. The van der Waals surface area contributed by atoms with Crippen molar-refractivity contribution in [3.8, 4) is 5.75 Å². The van der Waals surface area contributed by atoms with Gasteiger partial charge in [0.1, 0.15) is 0 Å². The van der Waals surface area contributed by atoms with Crippen LogP contribution >= 0.6 is 0 Å². The zero-order chi connectivity index (χ0) is 8.59. The first-order valence-corrected chi connectivity index (χ1v) is 3.03. The Morgan fingerprint density at radius 2 is 2.00 bits per heavy atom. The van der Waals surface area contributed by atoms with Gasteiger partial charge >= 0.3 is 5.69 Å². The van der Waals surface area contributed by atoms with Gasteiger partial charge in [0.25, 0.3) is 5.56 Å². The van der Waals surface area contributed by atoms with Crippen LogP contribution in [0, 0.1) is 6.92 Å². The Kier molecular flexibility index (Phi) is 1.56. The molecule has 0 atom stereocenters. The van der Waals surface area contributed by atoms with Gasteiger partial charge in [0.2, 0.25) is 5.75 Å². The highest BCUT2D eigenvalue weighted by Crippen LogP contribution is 2.02. The molecule has 0 bridgehead atoms. The van der Waals surface area contributed by atoms with Gasteiger partial charge in [-0.3, -0.25) is 14.3 Å². The molecule has 60 valence electrons. The van der Waals surface area contributed by atoms with E-state index in [-0.39, 0.29) is 5.69 Å². The molecule has 0 amide bonds. The van der Waals surface area contributed by atoms with E-state index in [1.54, 1.807) is 0 Å². The molecule has 0 spiro atoms. The van der Waals surface area contributed by atoms with E-state index in [4.69, 9.17) is 5.11 Å². The first-order valence-electron chi connectivity index (χ1n) is 3.03. The van der Waals surface area contributed by atoms with Crippen molar-refractivity contribution in [2.24, 2.45) is 7.05 Å². The molecule has 0 saturated carbocycles. The van der Waals surface area contributed by atoms with Gasteiger partial charge in [0, 0.05) is 7.05 Å². The number of nitrogens with zero attached hydrogens (tertiary/aromatic N) is 1. The predicted octanol–water partition coefficient (Wildman–Crippen LogP) is -0.912. The lowest BCUT2D eigenvalue weighted by molar-refractivity contribution is 0.449. The molecule has 0 aromatic carbocycles. The molecular formula is C6H8N2O3. The Hall–Kier alpha value is -1.52. The molecular weight excluding hydrogens is 148 g/mol. The van der Waals surface area contributed by atoms with Crippen LogP contribution in [0.25, 0.3) is 0 Å². The number of aromatic amines is 1. The quantitative estimate of drug-likeness (QED) is 0.510.